The molecule has 0 unspecified atom stereocenters. The Bertz CT molecular complexity index is 1030. The molecule has 1 fully saturated rings. The summed E-state index contributed by atoms with van der Waals surface area (Å²) in [6.07, 6.45) is 4.41. The van der Waals surface area contributed by atoms with Crippen molar-refractivity contribution in [1.82, 2.24) is 14.5 Å². The summed E-state index contributed by atoms with van der Waals surface area (Å²) in [5.41, 5.74) is 0.393. The second-order valence-electron chi connectivity index (χ2n) is 7.17. The average Bonchev–Trinajstić information content (AvgIpc) is 3.26. The molecule has 0 radical (unpaired) electrons. The van der Waals surface area contributed by atoms with Crippen molar-refractivity contribution in [2.75, 3.05) is 45.1 Å². The molecule has 31 heavy (non-hydrogen) atoms. The second-order valence-corrected chi connectivity index (χ2v) is 9.11. The molecule has 3 rings (SSSR count). The van der Waals surface area contributed by atoms with Crippen molar-refractivity contribution in [3.8, 4) is 0 Å². The van der Waals surface area contributed by atoms with Gasteiger partial charge in [0.15, 0.2) is 0 Å². The highest BCUT2D eigenvalue weighted by Crippen LogP contribution is 2.21. The number of rotatable bonds is 8. The molecule has 0 spiro atoms. The number of piperazine rings is 1. The van der Waals surface area contributed by atoms with Gasteiger partial charge in [0.2, 0.25) is 21.8 Å². The molecule has 1 aliphatic heterocycles. The van der Waals surface area contributed by atoms with E-state index in [-0.39, 0.29) is 29.7 Å². The van der Waals surface area contributed by atoms with Crippen molar-refractivity contribution in [1.29, 1.82) is 0 Å². The van der Waals surface area contributed by atoms with Crippen LogP contribution in [0.1, 0.15) is 12.2 Å². The van der Waals surface area contributed by atoms with Crippen molar-refractivity contribution >= 4 is 33.6 Å². The molecule has 2 aromatic rings. The Balaban J connectivity index is 1.49. The van der Waals surface area contributed by atoms with Crippen LogP contribution in [-0.2, 0) is 19.6 Å². The minimum absolute atomic E-state index is 0.0514. The van der Waals surface area contributed by atoms with Crippen LogP contribution in [0.3, 0.4) is 0 Å². The van der Waals surface area contributed by atoms with E-state index in [9.17, 15) is 18.0 Å². The molecule has 2 heterocycles. The van der Waals surface area contributed by atoms with E-state index in [0.29, 0.717) is 37.6 Å². The van der Waals surface area contributed by atoms with Crippen LogP contribution in [0.2, 0.25) is 0 Å². The molecular weight excluding hydrogens is 420 g/mol. The Hall–Kier alpha value is -2.95. The van der Waals surface area contributed by atoms with E-state index in [1.807, 2.05) is 7.05 Å². The maximum atomic E-state index is 12.9. The Labute approximate surface area is 181 Å². The van der Waals surface area contributed by atoms with Crippen LogP contribution < -0.4 is 10.6 Å². The van der Waals surface area contributed by atoms with Gasteiger partial charge in [-0.2, -0.15) is 4.31 Å². The SMILES string of the molecule is CN1CCN(S(=O)(=O)c2cccc(NC(=O)CCNC(=O)/C=C/c3ccco3)c2)CC1. The van der Waals surface area contributed by atoms with E-state index in [2.05, 4.69) is 15.5 Å². The lowest BCUT2D eigenvalue weighted by molar-refractivity contribution is -0.117. The van der Waals surface area contributed by atoms with Crippen molar-refractivity contribution in [3.05, 3.63) is 54.5 Å². The lowest BCUT2D eigenvalue weighted by Gasteiger charge is -2.31. The number of anilines is 1. The molecule has 1 aromatic carbocycles. The van der Waals surface area contributed by atoms with Gasteiger partial charge in [-0.1, -0.05) is 6.07 Å². The maximum absolute atomic E-state index is 12.9. The number of hydrogen-bond donors (Lipinski definition) is 2. The number of carbonyl (C=O) groups excluding carboxylic acids is 2. The van der Waals surface area contributed by atoms with Gasteiger partial charge in [0.25, 0.3) is 0 Å². The number of carbonyl (C=O) groups is 2. The van der Waals surface area contributed by atoms with Gasteiger partial charge >= 0.3 is 0 Å². The molecule has 2 N–H and O–H groups in total. The van der Waals surface area contributed by atoms with Gasteiger partial charge < -0.3 is 20.0 Å². The van der Waals surface area contributed by atoms with Crippen LogP contribution in [-0.4, -0.2) is 69.2 Å². The van der Waals surface area contributed by atoms with Gasteiger partial charge in [0.1, 0.15) is 5.76 Å². The lowest BCUT2D eigenvalue weighted by atomic mass is 10.3. The van der Waals surface area contributed by atoms with Crippen LogP contribution in [0, 0.1) is 0 Å². The molecule has 0 bridgehead atoms. The minimum atomic E-state index is -3.61. The number of furan rings is 1. The Morgan fingerprint density at radius 2 is 1.90 bits per heavy atom. The van der Waals surface area contributed by atoms with E-state index in [0.717, 1.165) is 0 Å². The zero-order valence-corrected chi connectivity index (χ0v) is 18.1. The van der Waals surface area contributed by atoms with Crippen molar-refractivity contribution in [2.24, 2.45) is 0 Å². The van der Waals surface area contributed by atoms with Crippen LogP contribution in [0.5, 0.6) is 0 Å². The summed E-state index contributed by atoms with van der Waals surface area (Å²) in [5.74, 6) is -0.117. The predicted octanol–water partition coefficient (Wildman–Crippen LogP) is 1.37. The number of sulfonamides is 1. The zero-order valence-electron chi connectivity index (χ0n) is 17.3. The van der Waals surface area contributed by atoms with Crippen LogP contribution in [0.25, 0.3) is 6.08 Å². The van der Waals surface area contributed by atoms with E-state index >= 15 is 0 Å². The summed E-state index contributed by atoms with van der Waals surface area (Å²) >= 11 is 0. The quantitative estimate of drug-likeness (QED) is 0.593. The highest BCUT2D eigenvalue weighted by atomic mass is 32.2. The number of benzene rings is 1. The summed E-state index contributed by atoms with van der Waals surface area (Å²) in [6.45, 7) is 2.37. The highest BCUT2D eigenvalue weighted by Gasteiger charge is 2.27. The molecule has 0 aliphatic carbocycles. The van der Waals surface area contributed by atoms with Gasteiger partial charge in [-0.25, -0.2) is 8.42 Å². The normalized spacial score (nSPS) is 15.8. The van der Waals surface area contributed by atoms with E-state index in [1.54, 1.807) is 24.3 Å². The Morgan fingerprint density at radius 1 is 1.13 bits per heavy atom. The lowest BCUT2D eigenvalue weighted by Crippen LogP contribution is -2.47. The molecule has 9 nitrogen and oxygen atoms in total. The highest BCUT2D eigenvalue weighted by molar-refractivity contribution is 7.89. The monoisotopic (exact) mass is 446 g/mol. The average molecular weight is 447 g/mol. The molecule has 1 aromatic heterocycles. The van der Waals surface area contributed by atoms with Gasteiger partial charge in [0.05, 0.1) is 11.2 Å². The molecule has 2 amide bonds. The number of hydrogen-bond acceptors (Lipinski definition) is 6. The molecule has 1 aliphatic rings. The van der Waals surface area contributed by atoms with Crippen LogP contribution in [0.15, 0.2) is 58.1 Å². The van der Waals surface area contributed by atoms with E-state index in [1.165, 1.54) is 34.9 Å². The molecule has 166 valence electrons. The Kier molecular flexibility index (Phi) is 7.61. The van der Waals surface area contributed by atoms with Gasteiger partial charge in [-0.05, 0) is 43.5 Å². The second kappa shape index (κ2) is 10.4. The first-order chi connectivity index (χ1) is 14.8. The van der Waals surface area contributed by atoms with Crippen molar-refractivity contribution in [3.63, 3.8) is 0 Å². The first kappa shape index (κ1) is 22.7. The molecular formula is C21H26N4O5S. The van der Waals surface area contributed by atoms with Crippen molar-refractivity contribution < 1.29 is 22.4 Å². The summed E-state index contributed by atoms with van der Waals surface area (Å²) in [4.78, 5) is 26.2. The largest absolute Gasteiger partial charge is 0.465 e. The maximum Gasteiger partial charge on any atom is 0.244 e. The predicted molar refractivity (Wildman–Crippen MR) is 117 cm³/mol. The van der Waals surface area contributed by atoms with Crippen LogP contribution in [0.4, 0.5) is 5.69 Å². The van der Waals surface area contributed by atoms with Gasteiger partial charge in [0, 0.05) is 50.9 Å². The standard InChI is InChI=1S/C21H26N4O5S/c1-24-11-13-25(14-12-24)31(28,29)19-6-2-4-17(16-19)23-21(27)9-10-22-20(26)8-7-18-5-3-15-30-18/h2-8,15-16H,9-14H2,1H3,(H,22,26)(H,23,27)/b8-7+. The van der Waals surface area contributed by atoms with Gasteiger partial charge in [-0.3, -0.25) is 9.59 Å². The smallest absolute Gasteiger partial charge is 0.244 e. The molecule has 0 atom stereocenters. The fourth-order valence-corrected chi connectivity index (χ4v) is 4.51. The summed E-state index contributed by atoms with van der Waals surface area (Å²) in [7, 11) is -1.66. The number of likely N-dealkylation sites (N-methyl/N-ethyl adjacent to an activating group) is 1. The first-order valence-corrected chi connectivity index (χ1v) is 11.4. The summed E-state index contributed by atoms with van der Waals surface area (Å²) < 4.78 is 32.3. The van der Waals surface area contributed by atoms with Crippen LogP contribution >= 0.6 is 0 Å². The van der Waals surface area contributed by atoms with Gasteiger partial charge in [-0.15, -0.1) is 0 Å². The first-order valence-electron chi connectivity index (χ1n) is 9.92. The van der Waals surface area contributed by atoms with E-state index in [4.69, 9.17) is 4.42 Å². The third kappa shape index (κ3) is 6.51. The zero-order chi connectivity index (χ0) is 22.3. The summed E-state index contributed by atoms with van der Waals surface area (Å²) in [6, 6.07) is 9.64. The molecule has 10 heteroatoms. The fourth-order valence-electron chi connectivity index (χ4n) is 3.04. The minimum Gasteiger partial charge on any atom is -0.465 e. The van der Waals surface area contributed by atoms with E-state index < -0.39 is 10.0 Å². The topological polar surface area (TPSA) is 112 Å². The third-order valence-electron chi connectivity index (χ3n) is 4.81. The number of amides is 2. The molecule has 0 saturated carbocycles. The third-order valence-corrected chi connectivity index (χ3v) is 6.71. The number of nitrogens with zero attached hydrogens (tertiary/aromatic N) is 2. The van der Waals surface area contributed by atoms with Crippen molar-refractivity contribution in [2.45, 2.75) is 11.3 Å². The number of nitrogens with one attached hydrogen (secondary N) is 2. The Morgan fingerprint density at radius 3 is 2.61 bits per heavy atom. The fraction of sp³-hybridized carbons (Fsp3) is 0.333. The summed E-state index contributed by atoms with van der Waals surface area (Å²) in [5, 5.41) is 5.29. The molecule has 1 saturated heterocycles.